The van der Waals surface area contributed by atoms with Crippen molar-refractivity contribution in [2.45, 2.75) is 25.3 Å². The Balaban J connectivity index is 1.90. The molecular weight excluding hydrogens is 332 g/mol. The molecule has 3 atom stereocenters. The van der Waals surface area contributed by atoms with E-state index in [1.54, 1.807) is 30.3 Å². The lowest BCUT2D eigenvalue weighted by Crippen LogP contribution is -2.31. The average molecular weight is 350 g/mol. The van der Waals surface area contributed by atoms with Gasteiger partial charge in [-0.25, -0.2) is 4.79 Å². The molecule has 6 nitrogen and oxygen atoms in total. The van der Waals surface area contributed by atoms with Crippen LogP contribution >= 0.6 is 0 Å². The zero-order valence-electron chi connectivity index (χ0n) is 14.2. The third-order valence-electron chi connectivity index (χ3n) is 5.43. The van der Waals surface area contributed by atoms with Gasteiger partial charge in [-0.05, 0) is 36.5 Å². The summed E-state index contributed by atoms with van der Waals surface area (Å²) in [4.78, 5) is 22.9. The lowest BCUT2D eigenvalue weighted by atomic mass is 9.74. The molecule has 132 valence electrons. The van der Waals surface area contributed by atoms with Crippen molar-refractivity contribution in [1.82, 2.24) is 0 Å². The van der Waals surface area contributed by atoms with E-state index >= 15 is 0 Å². The molecule has 0 radical (unpaired) electrons. The molecule has 0 spiro atoms. The Morgan fingerprint density at radius 1 is 1.27 bits per heavy atom. The molecule has 0 unspecified atom stereocenters. The van der Waals surface area contributed by atoms with Crippen LogP contribution in [0.15, 0.2) is 48.6 Å². The van der Waals surface area contributed by atoms with Crippen LogP contribution in [0.1, 0.15) is 45.4 Å². The summed E-state index contributed by atoms with van der Waals surface area (Å²) in [5.41, 5.74) is 3.52. The van der Waals surface area contributed by atoms with E-state index in [2.05, 4.69) is 5.32 Å². The molecule has 1 aliphatic heterocycles. The van der Waals surface area contributed by atoms with Crippen LogP contribution in [0.25, 0.3) is 0 Å². The maximum atomic E-state index is 11.7. The van der Waals surface area contributed by atoms with Crippen molar-refractivity contribution in [3.8, 4) is 0 Å². The summed E-state index contributed by atoms with van der Waals surface area (Å²) in [5.74, 6) is -0.975. The minimum atomic E-state index is -0.953. The Morgan fingerprint density at radius 3 is 2.77 bits per heavy atom. The number of benzene rings is 2. The van der Waals surface area contributed by atoms with E-state index < -0.39 is 5.97 Å². The van der Waals surface area contributed by atoms with Gasteiger partial charge in [0.15, 0.2) is 0 Å². The normalized spacial score (nSPS) is 23.0. The number of nitro benzene ring substituents is 1. The summed E-state index contributed by atoms with van der Waals surface area (Å²) in [5, 5.41) is 24.5. The highest BCUT2D eigenvalue weighted by atomic mass is 16.6. The second-order valence-corrected chi connectivity index (χ2v) is 6.82. The lowest BCUT2D eigenvalue weighted by molar-refractivity contribution is -0.385. The monoisotopic (exact) mass is 350 g/mol. The van der Waals surface area contributed by atoms with Crippen LogP contribution < -0.4 is 5.32 Å². The number of para-hydroxylation sites is 1. The SMILES string of the molecule is Cc1ccc(C(=O)O)c2c1N[C@H](c1ccccc1[N+](=O)[O-])[C@H]1CC=C[C@@H]21. The largest absolute Gasteiger partial charge is 0.478 e. The summed E-state index contributed by atoms with van der Waals surface area (Å²) >= 11 is 0. The van der Waals surface area contributed by atoms with Gasteiger partial charge < -0.3 is 10.4 Å². The van der Waals surface area contributed by atoms with Crippen molar-refractivity contribution in [3.63, 3.8) is 0 Å². The smallest absolute Gasteiger partial charge is 0.336 e. The van der Waals surface area contributed by atoms with Crippen molar-refractivity contribution < 1.29 is 14.8 Å². The standard InChI is InChI=1S/C20H18N2O4/c1-11-9-10-15(20(23)24)17-12-6-4-7-13(12)19(21-18(11)17)14-5-2-3-8-16(14)22(25)26/h2-6,8-10,12-13,19,21H,7H2,1H3,(H,23,24)/t12-,13+,19+/m1/s1. The quantitative estimate of drug-likeness (QED) is 0.485. The first-order chi connectivity index (χ1) is 12.5. The Labute approximate surface area is 150 Å². The van der Waals surface area contributed by atoms with Gasteiger partial charge in [0.05, 0.1) is 22.1 Å². The van der Waals surface area contributed by atoms with E-state index in [0.29, 0.717) is 11.1 Å². The molecule has 4 rings (SSSR count). The maximum Gasteiger partial charge on any atom is 0.336 e. The Morgan fingerprint density at radius 2 is 2.04 bits per heavy atom. The van der Waals surface area contributed by atoms with Crippen molar-refractivity contribution in [1.29, 1.82) is 0 Å². The van der Waals surface area contributed by atoms with Crippen molar-refractivity contribution >= 4 is 17.3 Å². The molecule has 2 aliphatic rings. The van der Waals surface area contributed by atoms with Gasteiger partial charge in [-0.3, -0.25) is 10.1 Å². The Hall–Kier alpha value is -3.15. The Bertz CT molecular complexity index is 951. The molecule has 26 heavy (non-hydrogen) atoms. The number of anilines is 1. The first-order valence-electron chi connectivity index (χ1n) is 8.52. The van der Waals surface area contributed by atoms with Gasteiger partial charge in [0.25, 0.3) is 5.69 Å². The third kappa shape index (κ3) is 2.37. The predicted octanol–water partition coefficient (Wildman–Crippen LogP) is 4.43. The van der Waals surface area contributed by atoms with Crippen LogP contribution in [-0.2, 0) is 0 Å². The molecule has 0 saturated heterocycles. The number of carboxylic acids is 1. The van der Waals surface area contributed by atoms with Crippen molar-refractivity contribution in [2.24, 2.45) is 5.92 Å². The van der Waals surface area contributed by atoms with Crippen LogP contribution in [0.3, 0.4) is 0 Å². The molecule has 2 aromatic rings. The minimum absolute atomic E-state index is 0.0449. The zero-order valence-corrected chi connectivity index (χ0v) is 14.2. The summed E-state index contributed by atoms with van der Waals surface area (Å²) < 4.78 is 0. The highest BCUT2D eigenvalue weighted by molar-refractivity contribution is 5.93. The average Bonchev–Trinajstić information content (AvgIpc) is 3.11. The number of nitrogens with one attached hydrogen (secondary N) is 1. The predicted molar refractivity (Wildman–Crippen MR) is 97.6 cm³/mol. The second-order valence-electron chi connectivity index (χ2n) is 6.82. The van der Waals surface area contributed by atoms with Crippen LogP contribution in [0.2, 0.25) is 0 Å². The molecule has 0 saturated carbocycles. The fourth-order valence-electron chi connectivity index (χ4n) is 4.27. The summed E-state index contributed by atoms with van der Waals surface area (Å²) in [6, 6.07) is 9.95. The van der Waals surface area contributed by atoms with Crippen molar-refractivity contribution in [3.05, 3.63) is 80.9 Å². The third-order valence-corrected chi connectivity index (χ3v) is 5.43. The van der Waals surface area contributed by atoms with Gasteiger partial charge in [-0.15, -0.1) is 0 Å². The first kappa shape index (κ1) is 16.3. The molecular formula is C20H18N2O4. The van der Waals surface area contributed by atoms with Crippen molar-refractivity contribution in [2.75, 3.05) is 5.32 Å². The number of carbonyl (C=O) groups is 1. The number of rotatable bonds is 3. The zero-order chi connectivity index (χ0) is 18.4. The van der Waals surface area contributed by atoms with Gasteiger partial charge in [0.2, 0.25) is 0 Å². The van der Waals surface area contributed by atoms with E-state index in [4.69, 9.17) is 0 Å². The summed E-state index contributed by atoms with van der Waals surface area (Å²) in [6.07, 6.45) is 4.83. The molecule has 1 heterocycles. The Kier molecular flexibility index (Phi) is 3.76. The number of allylic oxidation sites excluding steroid dienone is 2. The maximum absolute atomic E-state index is 11.7. The summed E-state index contributed by atoms with van der Waals surface area (Å²) in [6.45, 7) is 1.92. The highest BCUT2D eigenvalue weighted by Gasteiger charge is 2.42. The molecule has 2 N–H and O–H groups in total. The molecule has 2 aromatic carbocycles. The van der Waals surface area contributed by atoms with E-state index in [1.807, 2.05) is 19.1 Å². The van der Waals surface area contributed by atoms with Gasteiger partial charge in [-0.2, -0.15) is 0 Å². The summed E-state index contributed by atoms with van der Waals surface area (Å²) in [7, 11) is 0. The number of carboxylic acid groups (broad SMARTS) is 1. The molecule has 0 fully saturated rings. The van der Waals surface area contributed by atoms with Gasteiger partial charge in [0.1, 0.15) is 0 Å². The second kappa shape index (κ2) is 5.98. The highest BCUT2D eigenvalue weighted by Crippen LogP contribution is 2.52. The lowest BCUT2D eigenvalue weighted by Gasteiger charge is -2.38. The van der Waals surface area contributed by atoms with Crippen LogP contribution in [0.5, 0.6) is 0 Å². The number of aromatic carboxylic acids is 1. The molecule has 6 heteroatoms. The topological polar surface area (TPSA) is 92.5 Å². The molecule has 0 bridgehead atoms. The van der Waals surface area contributed by atoms with E-state index in [9.17, 15) is 20.0 Å². The molecule has 1 aliphatic carbocycles. The number of fused-ring (bicyclic) bond motifs is 3. The number of hydrogen-bond donors (Lipinski definition) is 2. The van der Waals surface area contributed by atoms with E-state index in [0.717, 1.165) is 23.2 Å². The van der Waals surface area contributed by atoms with Crippen LogP contribution in [0, 0.1) is 23.0 Å². The number of nitrogens with zero attached hydrogens (tertiary/aromatic N) is 1. The van der Waals surface area contributed by atoms with Gasteiger partial charge in [-0.1, -0.05) is 36.4 Å². The molecule has 0 amide bonds. The fourth-order valence-corrected chi connectivity index (χ4v) is 4.27. The first-order valence-corrected chi connectivity index (χ1v) is 8.52. The number of nitro groups is 1. The van der Waals surface area contributed by atoms with Gasteiger partial charge >= 0.3 is 5.97 Å². The van der Waals surface area contributed by atoms with Crippen LogP contribution in [-0.4, -0.2) is 16.0 Å². The number of hydrogen-bond acceptors (Lipinski definition) is 4. The van der Waals surface area contributed by atoms with Crippen LogP contribution in [0.4, 0.5) is 11.4 Å². The fraction of sp³-hybridized carbons (Fsp3) is 0.250. The minimum Gasteiger partial charge on any atom is -0.478 e. The van der Waals surface area contributed by atoms with Gasteiger partial charge in [0, 0.05) is 17.7 Å². The van der Waals surface area contributed by atoms with E-state index in [1.165, 1.54) is 6.07 Å². The van der Waals surface area contributed by atoms with E-state index in [-0.39, 0.29) is 28.5 Å². The molecule has 0 aromatic heterocycles. The number of aryl methyl sites for hydroxylation is 1.